The lowest BCUT2D eigenvalue weighted by Gasteiger charge is -2.67. The van der Waals surface area contributed by atoms with Crippen molar-refractivity contribution >= 4 is 16.5 Å². The summed E-state index contributed by atoms with van der Waals surface area (Å²) in [4.78, 5) is 0. The standard InChI is InChI=1S/C15H33NSi2/c1-5-17(6-2)14-18(7-3,8-4)16(17)15-12-10-9-11-13-15/h15H,5-14H2,1-4H3. The Kier molecular flexibility index (Phi) is 4.77. The van der Waals surface area contributed by atoms with Gasteiger partial charge in [0.05, 0.1) is 0 Å². The van der Waals surface area contributed by atoms with Crippen LogP contribution >= 0.6 is 0 Å². The molecule has 106 valence electrons. The second-order valence-corrected chi connectivity index (χ2v) is 17.3. The lowest BCUT2D eigenvalue weighted by molar-refractivity contribution is 0.305. The highest BCUT2D eigenvalue weighted by Crippen LogP contribution is 2.51. The first-order valence-corrected chi connectivity index (χ1v) is 13.6. The van der Waals surface area contributed by atoms with Crippen LogP contribution in [0.15, 0.2) is 0 Å². The molecule has 1 heterocycles. The lowest BCUT2D eigenvalue weighted by atomic mass is 9.96. The Labute approximate surface area is 117 Å². The maximum absolute atomic E-state index is 3.29. The Bertz CT molecular complexity index is 248. The summed E-state index contributed by atoms with van der Waals surface area (Å²) < 4.78 is 3.29. The predicted molar refractivity (Wildman–Crippen MR) is 87.0 cm³/mol. The van der Waals surface area contributed by atoms with Crippen molar-refractivity contribution in [1.82, 2.24) is 4.23 Å². The smallest absolute Gasteiger partial charge is 0.120 e. The Hall–Kier alpha value is 0.394. The van der Waals surface area contributed by atoms with Gasteiger partial charge in [-0.2, -0.15) is 0 Å². The molecule has 1 aliphatic carbocycles. The first kappa shape index (κ1) is 14.8. The summed E-state index contributed by atoms with van der Waals surface area (Å²) in [6.45, 7) is 9.98. The van der Waals surface area contributed by atoms with Crippen molar-refractivity contribution in [3.05, 3.63) is 0 Å². The molecule has 0 spiro atoms. The van der Waals surface area contributed by atoms with Crippen LogP contribution in [0.2, 0.25) is 29.8 Å². The topological polar surface area (TPSA) is 3.24 Å². The van der Waals surface area contributed by atoms with Crippen LogP contribution in [0.1, 0.15) is 59.8 Å². The quantitative estimate of drug-likeness (QED) is 0.631. The third-order valence-corrected chi connectivity index (χ3v) is 22.4. The van der Waals surface area contributed by atoms with E-state index in [0.717, 1.165) is 6.04 Å². The molecule has 0 unspecified atom stereocenters. The largest absolute Gasteiger partial charge is 0.342 e. The van der Waals surface area contributed by atoms with Gasteiger partial charge >= 0.3 is 0 Å². The van der Waals surface area contributed by atoms with E-state index < -0.39 is 16.5 Å². The maximum Gasteiger partial charge on any atom is 0.120 e. The molecule has 1 aliphatic heterocycles. The van der Waals surface area contributed by atoms with Crippen molar-refractivity contribution in [3.8, 4) is 0 Å². The van der Waals surface area contributed by atoms with Gasteiger partial charge in [0.2, 0.25) is 0 Å². The van der Waals surface area contributed by atoms with Gasteiger partial charge in [0, 0.05) is 0 Å². The molecule has 0 aromatic heterocycles. The lowest BCUT2D eigenvalue weighted by Crippen LogP contribution is -2.81. The molecule has 1 nitrogen and oxygen atoms in total. The van der Waals surface area contributed by atoms with Crippen molar-refractivity contribution in [2.24, 2.45) is 0 Å². The molecule has 1 saturated heterocycles. The number of hydrogen-bond donors (Lipinski definition) is 0. The Balaban J connectivity index is 2.21. The van der Waals surface area contributed by atoms with Crippen LogP contribution in [0.5, 0.6) is 0 Å². The second kappa shape index (κ2) is 5.80. The molecule has 18 heavy (non-hydrogen) atoms. The zero-order valence-corrected chi connectivity index (χ0v) is 15.1. The van der Waals surface area contributed by atoms with Crippen LogP contribution in [-0.4, -0.2) is 26.7 Å². The van der Waals surface area contributed by atoms with Crippen LogP contribution in [0.3, 0.4) is 0 Å². The Morgan fingerprint density at radius 3 is 1.61 bits per heavy atom. The molecule has 2 rings (SSSR count). The van der Waals surface area contributed by atoms with Crippen molar-refractivity contribution in [2.75, 3.05) is 0 Å². The molecule has 3 heteroatoms. The van der Waals surface area contributed by atoms with E-state index in [2.05, 4.69) is 31.9 Å². The summed E-state index contributed by atoms with van der Waals surface area (Å²) in [5.41, 5.74) is 1.73. The number of rotatable bonds is 5. The van der Waals surface area contributed by atoms with E-state index in [9.17, 15) is 0 Å². The molecule has 0 aromatic carbocycles. The Morgan fingerprint density at radius 2 is 1.22 bits per heavy atom. The Morgan fingerprint density at radius 1 is 0.778 bits per heavy atom. The minimum atomic E-state index is -0.990. The van der Waals surface area contributed by atoms with Gasteiger partial charge in [-0.15, -0.1) is 0 Å². The zero-order chi connectivity index (χ0) is 13.2. The summed E-state index contributed by atoms with van der Waals surface area (Å²) in [7, 11) is -1.98. The fraction of sp³-hybridized carbons (Fsp3) is 1.00. The minimum absolute atomic E-state index is 0.990. The van der Waals surface area contributed by atoms with Crippen molar-refractivity contribution in [3.63, 3.8) is 0 Å². The fourth-order valence-electron chi connectivity index (χ4n) is 4.99. The first-order chi connectivity index (χ1) is 8.68. The second-order valence-electron chi connectivity index (χ2n) is 6.70. The van der Waals surface area contributed by atoms with Crippen LogP contribution in [-0.2, 0) is 0 Å². The van der Waals surface area contributed by atoms with Gasteiger partial charge in [-0.05, 0) is 48.7 Å². The highest BCUT2D eigenvalue weighted by molar-refractivity contribution is 7.09. The van der Waals surface area contributed by atoms with Crippen LogP contribution in [0, 0.1) is 0 Å². The maximum atomic E-state index is 3.29. The molecule has 0 bridgehead atoms. The summed E-state index contributed by atoms with van der Waals surface area (Å²) in [5, 5.41) is 0. The van der Waals surface area contributed by atoms with Crippen LogP contribution in [0.25, 0.3) is 0 Å². The average molecular weight is 284 g/mol. The van der Waals surface area contributed by atoms with Crippen molar-refractivity contribution < 1.29 is 0 Å². The van der Waals surface area contributed by atoms with Gasteiger partial charge in [0.15, 0.2) is 0 Å². The highest BCUT2D eigenvalue weighted by Gasteiger charge is 2.61. The summed E-state index contributed by atoms with van der Waals surface area (Å²) >= 11 is 0. The molecule has 2 aliphatic rings. The van der Waals surface area contributed by atoms with Gasteiger partial charge in [-0.3, -0.25) is 0 Å². The summed E-state index contributed by atoms with van der Waals surface area (Å²) in [6.07, 6.45) is 7.59. The summed E-state index contributed by atoms with van der Waals surface area (Å²) in [6, 6.07) is 7.11. The predicted octanol–water partition coefficient (Wildman–Crippen LogP) is 5.14. The van der Waals surface area contributed by atoms with E-state index >= 15 is 0 Å². The molecule has 0 aromatic rings. The third kappa shape index (κ3) is 2.16. The highest BCUT2D eigenvalue weighted by atomic mass is 28.5. The van der Waals surface area contributed by atoms with Gasteiger partial charge in [-0.1, -0.05) is 47.0 Å². The monoisotopic (exact) mass is 283 g/mol. The molecule has 0 N–H and O–H groups in total. The molecular weight excluding hydrogens is 250 g/mol. The first-order valence-electron chi connectivity index (χ1n) is 8.47. The van der Waals surface area contributed by atoms with Gasteiger partial charge in [0.1, 0.15) is 16.5 Å². The van der Waals surface area contributed by atoms with E-state index in [1.54, 1.807) is 5.67 Å². The van der Waals surface area contributed by atoms with E-state index in [-0.39, 0.29) is 0 Å². The van der Waals surface area contributed by atoms with E-state index in [4.69, 9.17) is 0 Å². The van der Waals surface area contributed by atoms with Gasteiger partial charge < -0.3 is 4.23 Å². The van der Waals surface area contributed by atoms with Crippen LogP contribution < -0.4 is 0 Å². The fourth-order valence-corrected chi connectivity index (χ4v) is 24.9. The third-order valence-electron chi connectivity index (χ3n) is 6.25. The molecule has 1 saturated carbocycles. The van der Waals surface area contributed by atoms with Crippen LogP contribution in [0.4, 0.5) is 0 Å². The average Bonchev–Trinajstić information content (AvgIpc) is 2.41. The molecule has 0 atom stereocenters. The van der Waals surface area contributed by atoms with Crippen molar-refractivity contribution in [2.45, 2.75) is 95.7 Å². The van der Waals surface area contributed by atoms with Gasteiger partial charge in [-0.25, -0.2) is 0 Å². The van der Waals surface area contributed by atoms with Crippen molar-refractivity contribution in [1.29, 1.82) is 0 Å². The minimum Gasteiger partial charge on any atom is -0.342 e. The normalized spacial score (nSPS) is 28.0. The molecule has 0 radical (unpaired) electrons. The molecular formula is C15H33NSi2. The molecule has 0 amide bonds. The van der Waals surface area contributed by atoms with E-state index in [1.165, 1.54) is 56.3 Å². The number of nitrogens with zero attached hydrogens (tertiary/aromatic N) is 1. The molecule has 2 fully saturated rings. The van der Waals surface area contributed by atoms with Gasteiger partial charge in [0.25, 0.3) is 0 Å². The number of hydrogen-bond acceptors (Lipinski definition) is 1. The zero-order valence-electron chi connectivity index (χ0n) is 13.1. The van der Waals surface area contributed by atoms with E-state index in [1.807, 2.05) is 0 Å². The summed E-state index contributed by atoms with van der Waals surface area (Å²) in [5.74, 6) is 0. The SMILES string of the molecule is CC[Si]1(CC)C[Si](CC)(CC)N1C1CCCCC1. The van der Waals surface area contributed by atoms with E-state index in [0.29, 0.717) is 0 Å².